The highest BCUT2D eigenvalue weighted by Gasteiger charge is 2.30. The minimum atomic E-state index is -0.412. The Hall–Kier alpha value is -1.62. The van der Waals surface area contributed by atoms with Crippen molar-refractivity contribution in [3.8, 4) is 0 Å². The summed E-state index contributed by atoms with van der Waals surface area (Å²) in [6.07, 6.45) is 0.0866. The van der Waals surface area contributed by atoms with Crippen LogP contribution in [-0.4, -0.2) is 41.7 Å². The second kappa shape index (κ2) is 7.09. The molecule has 0 radical (unpaired) electrons. The number of aliphatic hydroxyl groups excluding tert-OH is 1. The van der Waals surface area contributed by atoms with Gasteiger partial charge in [-0.05, 0) is 22.8 Å². The van der Waals surface area contributed by atoms with Crippen LogP contribution in [-0.2, 0) is 11.3 Å². The van der Waals surface area contributed by atoms with Crippen LogP contribution in [0.4, 0.5) is 0 Å². The van der Waals surface area contributed by atoms with Gasteiger partial charge in [0.25, 0.3) is 0 Å². The van der Waals surface area contributed by atoms with Crippen LogP contribution < -0.4 is 5.32 Å². The van der Waals surface area contributed by atoms with Gasteiger partial charge >= 0.3 is 0 Å². The van der Waals surface area contributed by atoms with E-state index >= 15 is 0 Å². The fraction of sp³-hybridized carbons (Fsp3) is 0.353. The average Bonchev–Trinajstić information content (AvgIpc) is 2.93. The van der Waals surface area contributed by atoms with Gasteiger partial charge in [0.15, 0.2) is 0 Å². The first-order valence-electron chi connectivity index (χ1n) is 7.28. The van der Waals surface area contributed by atoms with Crippen LogP contribution in [0.2, 0.25) is 0 Å². The van der Waals surface area contributed by atoms with Crippen molar-refractivity contribution in [2.24, 2.45) is 0 Å². The van der Waals surface area contributed by atoms with Gasteiger partial charge in [-0.15, -0.1) is 12.4 Å². The summed E-state index contributed by atoms with van der Waals surface area (Å²) in [6.45, 7) is 1.08. The van der Waals surface area contributed by atoms with Gasteiger partial charge in [-0.3, -0.25) is 4.79 Å². The van der Waals surface area contributed by atoms with Crippen LogP contribution >= 0.6 is 12.4 Å². The summed E-state index contributed by atoms with van der Waals surface area (Å²) in [6, 6.07) is 14.1. The maximum atomic E-state index is 12.4. The first-order valence-corrected chi connectivity index (χ1v) is 7.28. The third-order valence-corrected chi connectivity index (χ3v) is 4.07. The van der Waals surface area contributed by atoms with Gasteiger partial charge in [-0.1, -0.05) is 42.5 Å². The Morgan fingerprint density at radius 1 is 1.27 bits per heavy atom. The lowest BCUT2D eigenvalue weighted by atomic mass is 10.0. The van der Waals surface area contributed by atoms with Gasteiger partial charge in [0.2, 0.25) is 5.91 Å². The number of carbonyl (C=O) groups excluding carboxylic acids is 1. The standard InChI is InChI=1S/C17H20N2O2.ClH/c1-19(17(21)16-9-14(20)10-18-16)11-13-7-4-6-12-5-2-3-8-15(12)13;/h2-8,14,16,18,20H,9-11H2,1H3;1H. The number of hydrogen-bond donors (Lipinski definition) is 2. The van der Waals surface area contributed by atoms with Crippen molar-refractivity contribution in [2.75, 3.05) is 13.6 Å². The van der Waals surface area contributed by atoms with Crippen molar-refractivity contribution in [1.82, 2.24) is 10.2 Å². The van der Waals surface area contributed by atoms with Crippen LogP contribution in [0.5, 0.6) is 0 Å². The molecule has 0 aromatic heterocycles. The lowest BCUT2D eigenvalue weighted by Gasteiger charge is -2.22. The zero-order chi connectivity index (χ0) is 14.8. The quantitative estimate of drug-likeness (QED) is 0.909. The molecular formula is C17H21ClN2O2. The second-order valence-electron chi connectivity index (χ2n) is 5.68. The molecule has 0 saturated carbocycles. The van der Waals surface area contributed by atoms with E-state index in [0.29, 0.717) is 19.5 Å². The smallest absolute Gasteiger partial charge is 0.239 e. The number of likely N-dealkylation sites (N-methyl/N-ethyl adjacent to an activating group) is 1. The molecule has 2 atom stereocenters. The number of halogens is 1. The van der Waals surface area contributed by atoms with E-state index in [2.05, 4.69) is 29.6 Å². The van der Waals surface area contributed by atoms with E-state index in [9.17, 15) is 9.90 Å². The number of aliphatic hydroxyl groups is 1. The number of carbonyl (C=O) groups is 1. The molecule has 4 nitrogen and oxygen atoms in total. The molecule has 0 aliphatic carbocycles. The molecule has 5 heteroatoms. The number of fused-ring (bicyclic) bond motifs is 1. The minimum absolute atomic E-state index is 0. The van der Waals surface area contributed by atoms with E-state index in [1.807, 2.05) is 25.2 Å². The fourth-order valence-corrected chi connectivity index (χ4v) is 2.93. The Bertz CT molecular complexity index is 657. The molecular weight excluding hydrogens is 300 g/mol. The number of hydrogen-bond acceptors (Lipinski definition) is 3. The number of nitrogens with zero attached hydrogens (tertiary/aromatic N) is 1. The van der Waals surface area contributed by atoms with Crippen molar-refractivity contribution in [1.29, 1.82) is 0 Å². The summed E-state index contributed by atoms with van der Waals surface area (Å²) in [5.74, 6) is 0.0412. The number of nitrogens with one attached hydrogen (secondary N) is 1. The van der Waals surface area contributed by atoms with E-state index in [1.165, 1.54) is 10.8 Å². The van der Waals surface area contributed by atoms with E-state index in [1.54, 1.807) is 4.90 Å². The monoisotopic (exact) mass is 320 g/mol. The maximum Gasteiger partial charge on any atom is 0.239 e. The Balaban J connectivity index is 0.00000176. The second-order valence-corrected chi connectivity index (χ2v) is 5.68. The molecule has 1 amide bonds. The first kappa shape index (κ1) is 16.7. The highest BCUT2D eigenvalue weighted by Crippen LogP contribution is 2.20. The van der Waals surface area contributed by atoms with E-state index in [-0.39, 0.29) is 24.4 Å². The van der Waals surface area contributed by atoms with Crippen molar-refractivity contribution >= 4 is 29.1 Å². The molecule has 1 fully saturated rings. The van der Waals surface area contributed by atoms with Gasteiger partial charge in [0, 0.05) is 20.1 Å². The van der Waals surface area contributed by atoms with Crippen molar-refractivity contribution in [3.63, 3.8) is 0 Å². The lowest BCUT2D eigenvalue weighted by molar-refractivity contribution is -0.132. The van der Waals surface area contributed by atoms with Crippen molar-refractivity contribution in [2.45, 2.75) is 25.1 Å². The Morgan fingerprint density at radius 3 is 2.73 bits per heavy atom. The molecule has 118 valence electrons. The summed E-state index contributed by atoms with van der Waals surface area (Å²) in [5.41, 5.74) is 1.14. The summed E-state index contributed by atoms with van der Waals surface area (Å²) < 4.78 is 0. The SMILES string of the molecule is CN(Cc1cccc2ccccc12)C(=O)C1CC(O)CN1.Cl. The Morgan fingerprint density at radius 2 is 2.00 bits per heavy atom. The summed E-state index contributed by atoms with van der Waals surface area (Å²) >= 11 is 0. The molecule has 1 heterocycles. The van der Waals surface area contributed by atoms with Gasteiger partial charge in [-0.25, -0.2) is 0 Å². The van der Waals surface area contributed by atoms with Crippen LogP contribution in [0, 0.1) is 0 Å². The van der Waals surface area contributed by atoms with Crippen molar-refractivity contribution < 1.29 is 9.90 Å². The van der Waals surface area contributed by atoms with Crippen LogP contribution in [0.15, 0.2) is 42.5 Å². The van der Waals surface area contributed by atoms with Gasteiger partial charge in [0.1, 0.15) is 0 Å². The van der Waals surface area contributed by atoms with Gasteiger partial charge < -0.3 is 15.3 Å². The lowest BCUT2D eigenvalue weighted by Crippen LogP contribution is -2.41. The van der Waals surface area contributed by atoms with Crippen LogP contribution in [0.1, 0.15) is 12.0 Å². The highest BCUT2D eigenvalue weighted by molar-refractivity contribution is 5.87. The number of rotatable bonds is 3. The first-order chi connectivity index (χ1) is 10.1. The highest BCUT2D eigenvalue weighted by atomic mass is 35.5. The predicted octanol–water partition coefficient (Wildman–Crippen LogP) is 1.94. The molecule has 1 saturated heterocycles. The number of benzene rings is 2. The molecule has 1 aliphatic rings. The molecule has 0 spiro atoms. The predicted molar refractivity (Wildman–Crippen MR) is 90.1 cm³/mol. The average molecular weight is 321 g/mol. The molecule has 2 N–H and O–H groups in total. The fourth-order valence-electron chi connectivity index (χ4n) is 2.93. The normalized spacial score (nSPS) is 20.6. The topological polar surface area (TPSA) is 52.6 Å². The Labute approximate surface area is 136 Å². The molecule has 1 aliphatic heterocycles. The molecule has 2 aromatic carbocycles. The van der Waals surface area contributed by atoms with Crippen LogP contribution in [0.25, 0.3) is 10.8 Å². The summed E-state index contributed by atoms with van der Waals surface area (Å²) in [5, 5.41) is 15.0. The largest absolute Gasteiger partial charge is 0.392 e. The van der Waals surface area contributed by atoms with Crippen molar-refractivity contribution in [3.05, 3.63) is 48.0 Å². The number of β-amino-alcohol motifs (C(OH)–C–C–N with tert-alkyl or cyclic N) is 1. The minimum Gasteiger partial charge on any atom is -0.392 e. The molecule has 0 bridgehead atoms. The maximum absolute atomic E-state index is 12.4. The third-order valence-electron chi connectivity index (χ3n) is 4.07. The number of amides is 1. The molecule has 3 rings (SSSR count). The molecule has 2 unspecified atom stereocenters. The summed E-state index contributed by atoms with van der Waals surface area (Å²) in [7, 11) is 1.82. The third kappa shape index (κ3) is 3.40. The molecule has 22 heavy (non-hydrogen) atoms. The Kier molecular flexibility index (Phi) is 5.40. The summed E-state index contributed by atoms with van der Waals surface area (Å²) in [4.78, 5) is 14.1. The van der Waals surface area contributed by atoms with E-state index in [0.717, 1.165) is 5.56 Å². The van der Waals surface area contributed by atoms with E-state index in [4.69, 9.17) is 0 Å². The van der Waals surface area contributed by atoms with Gasteiger partial charge in [-0.2, -0.15) is 0 Å². The molecule has 2 aromatic rings. The van der Waals surface area contributed by atoms with Crippen LogP contribution in [0.3, 0.4) is 0 Å². The van der Waals surface area contributed by atoms with E-state index < -0.39 is 6.10 Å². The van der Waals surface area contributed by atoms with Gasteiger partial charge in [0.05, 0.1) is 12.1 Å². The zero-order valence-electron chi connectivity index (χ0n) is 12.5. The zero-order valence-corrected chi connectivity index (χ0v) is 13.3.